The van der Waals surface area contributed by atoms with Gasteiger partial charge in [0.05, 0.1) is 6.54 Å². The maximum Gasteiger partial charge on any atom is 0.410 e. The van der Waals surface area contributed by atoms with Crippen molar-refractivity contribution in [2.24, 2.45) is 5.92 Å². The Bertz CT molecular complexity index is 1230. The Morgan fingerprint density at radius 1 is 1.00 bits per heavy atom. The van der Waals surface area contributed by atoms with Crippen molar-refractivity contribution in [1.29, 1.82) is 0 Å². The lowest BCUT2D eigenvalue weighted by molar-refractivity contribution is -0.156. The molecule has 2 aromatic carbocycles. The highest BCUT2D eigenvalue weighted by atomic mass is 16.6. The summed E-state index contributed by atoms with van der Waals surface area (Å²) in [4.78, 5) is 52.8. The second kappa shape index (κ2) is 12.7. The van der Waals surface area contributed by atoms with E-state index < -0.39 is 23.7 Å². The van der Waals surface area contributed by atoms with Gasteiger partial charge in [0, 0.05) is 25.4 Å². The molecule has 1 aliphatic heterocycles. The number of benzene rings is 2. The van der Waals surface area contributed by atoms with Gasteiger partial charge < -0.3 is 19.9 Å². The van der Waals surface area contributed by atoms with Gasteiger partial charge in [0.2, 0.25) is 5.91 Å². The van der Waals surface area contributed by atoms with Gasteiger partial charge in [-0.3, -0.25) is 19.4 Å². The summed E-state index contributed by atoms with van der Waals surface area (Å²) in [5.74, 6) is -2.27. The molecule has 0 aromatic heterocycles. The van der Waals surface area contributed by atoms with Crippen LogP contribution in [-0.2, 0) is 23.9 Å². The first-order chi connectivity index (χ1) is 19.4. The smallest absolute Gasteiger partial charge is 0.410 e. The van der Waals surface area contributed by atoms with Gasteiger partial charge in [-0.15, -0.1) is 0 Å². The maximum atomic E-state index is 12.9. The van der Waals surface area contributed by atoms with Crippen LogP contribution in [0.3, 0.4) is 0 Å². The summed E-state index contributed by atoms with van der Waals surface area (Å²) in [6.45, 7) is 6.55. The second-order valence-electron chi connectivity index (χ2n) is 11.7. The first-order valence-corrected chi connectivity index (χ1v) is 14.0. The highest BCUT2D eigenvalue weighted by Crippen LogP contribution is 2.44. The molecule has 2 aliphatic rings. The summed E-state index contributed by atoms with van der Waals surface area (Å²) in [7, 11) is 1.36. The molecule has 1 aliphatic carbocycles. The molecule has 4 rings (SSSR count). The van der Waals surface area contributed by atoms with Gasteiger partial charge in [0.15, 0.2) is 0 Å². The third kappa shape index (κ3) is 7.43. The lowest BCUT2D eigenvalue weighted by atomic mass is 9.96. The molecule has 0 bridgehead atoms. The van der Waals surface area contributed by atoms with E-state index in [2.05, 4.69) is 5.32 Å². The van der Waals surface area contributed by atoms with Crippen LogP contribution in [-0.4, -0.2) is 90.3 Å². The van der Waals surface area contributed by atoms with Crippen molar-refractivity contribution >= 4 is 23.9 Å². The van der Waals surface area contributed by atoms with E-state index in [0.29, 0.717) is 25.9 Å². The van der Waals surface area contributed by atoms with Crippen LogP contribution in [0.5, 0.6) is 0 Å². The number of fused-ring (bicyclic) bond motifs is 3. The van der Waals surface area contributed by atoms with Gasteiger partial charge in [-0.2, -0.15) is 0 Å². The Morgan fingerprint density at radius 2 is 1.56 bits per heavy atom. The van der Waals surface area contributed by atoms with Gasteiger partial charge in [-0.05, 0) is 69.0 Å². The summed E-state index contributed by atoms with van der Waals surface area (Å²) in [5.41, 5.74) is 3.76. The van der Waals surface area contributed by atoms with Crippen LogP contribution in [0.2, 0.25) is 0 Å². The van der Waals surface area contributed by atoms with Crippen molar-refractivity contribution in [3.05, 3.63) is 59.7 Å². The van der Waals surface area contributed by atoms with E-state index in [1.807, 2.05) is 74.2 Å². The zero-order valence-corrected chi connectivity index (χ0v) is 24.1. The number of amides is 2. The molecular formula is C31H39N3O7. The number of carbonyl (C=O) groups excluding carboxylic acids is 3. The molecule has 0 spiro atoms. The molecule has 2 amide bonds. The van der Waals surface area contributed by atoms with Gasteiger partial charge in [0.1, 0.15) is 18.2 Å². The summed E-state index contributed by atoms with van der Waals surface area (Å²) in [5, 5.41) is 12.5. The number of hydrogen-bond donors (Lipinski definition) is 2. The average Bonchev–Trinajstić information content (AvgIpc) is 3.24. The third-order valence-corrected chi connectivity index (χ3v) is 7.58. The molecule has 1 atom stereocenters. The van der Waals surface area contributed by atoms with Crippen molar-refractivity contribution < 1.29 is 33.8 Å². The highest BCUT2D eigenvalue weighted by Gasteiger charge is 2.33. The minimum atomic E-state index is -1.29. The van der Waals surface area contributed by atoms with Crippen molar-refractivity contribution in [1.82, 2.24) is 15.1 Å². The summed E-state index contributed by atoms with van der Waals surface area (Å²) in [6, 6.07) is 14.6. The molecule has 10 nitrogen and oxygen atoms in total. The molecule has 41 heavy (non-hydrogen) atoms. The van der Waals surface area contributed by atoms with Crippen LogP contribution in [0, 0.1) is 5.92 Å². The minimum absolute atomic E-state index is 0.0672. The van der Waals surface area contributed by atoms with E-state index in [1.54, 1.807) is 0 Å². The summed E-state index contributed by atoms with van der Waals surface area (Å²) in [6.07, 6.45) is 0.298. The molecule has 0 radical (unpaired) electrons. The molecule has 1 heterocycles. The van der Waals surface area contributed by atoms with E-state index in [4.69, 9.17) is 9.47 Å². The van der Waals surface area contributed by atoms with Crippen LogP contribution in [0.4, 0.5) is 4.79 Å². The number of aliphatic carboxylic acids is 1. The highest BCUT2D eigenvalue weighted by molar-refractivity contribution is 5.83. The second-order valence-corrected chi connectivity index (χ2v) is 11.7. The fourth-order valence-corrected chi connectivity index (χ4v) is 5.46. The zero-order chi connectivity index (χ0) is 29.7. The Labute approximate surface area is 240 Å². The monoisotopic (exact) mass is 565 g/mol. The Balaban J connectivity index is 1.27. The van der Waals surface area contributed by atoms with Crippen molar-refractivity contribution in [2.75, 3.05) is 39.8 Å². The standard InChI is InChI=1S/C31H39N3O7/c1-31(2,3)41-27(35)18-34-15-13-20(14-16-34)28(36)32-17-26(29(37)38)33(4)30(39)40-19-25-23-11-7-5-9-21(23)22-10-6-8-12-24(22)25/h5-12,20,25-26H,13-19H2,1-4H3,(H,32,36)(H,37,38)/t26-/m0/s1. The maximum absolute atomic E-state index is 12.9. The molecule has 2 N–H and O–H groups in total. The van der Waals surface area contributed by atoms with Crippen LogP contribution in [0.25, 0.3) is 11.1 Å². The third-order valence-electron chi connectivity index (χ3n) is 7.58. The Kier molecular flexibility index (Phi) is 9.32. The average molecular weight is 566 g/mol. The number of esters is 1. The number of rotatable bonds is 9. The van der Waals surface area contributed by atoms with E-state index in [1.165, 1.54) is 7.05 Å². The minimum Gasteiger partial charge on any atom is -0.480 e. The van der Waals surface area contributed by atoms with Gasteiger partial charge in [-0.25, -0.2) is 9.59 Å². The van der Waals surface area contributed by atoms with Gasteiger partial charge in [-0.1, -0.05) is 48.5 Å². The summed E-state index contributed by atoms with van der Waals surface area (Å²) < 4.78 is 11.0. The number of ether oxygens (including phenoxy) is 2. The molecule has 0 saturated carbocycles. The number of hydrogen-bond acceptors (Lipinski definition) is 7. The number of nitrogens with zero attached hydrogens (tertiary/aromatic N) is 2. The van der Waals surface area contributed by atoms with Crippen LogP contribution in [0.15, 0.2) is 48.5 Å². The lowest BCUT2D eigenvalue weighted by Crippen LogP contribution is -2.51. The number of carboxylic acid groups (broad SMARTS) is 1. The molecule has 1 fully saturated rings. The fraction of sp³-hybridized carbons (Fsp3) is 0.484. The number of carbonyl (C=O) groups is 4. The fourth-order valence-electron chi connectivity index (χ4n) is 5.46. The van der Waals surface area contributed by atoms with Crippen LogP contribution < -0.4 is 5.32 Å². The van der Waals surface area contributed by atoms with Crippen molar-refractivity contribution in [3.63, 3.8) is 0 Å². The number of carboxylic acids is 1. The topological polar surface area (TPSA) is 125 Å². The number of nitrogens with one attached hydrogen (secondary N) is 1. The number of piperidine rings is 1. The molecule has 2 aromatic rings. The predicted octanol–water partition coefficient (Wildman–Crippen LogP) is 3.49. The SMILES string of the molecule is CN(C(=O)OCC1c2ccccc2-c2ccccc21)[C@@H](CNC(=O)C1CCN(CC(=O)OC(C)(C)C)CC1)C(=O)O. The van der Waals surface area contributed by atoms with E-state index in [0.717, 1.165) is 27.2 Å². The van der Waals surface area contributed by atoms with Gasteiger partial charge >= 0.3 is 18.0 Å². The van der Waals surface area contributed by atoms with E-state index >= 15 is 0 Å². The van der Waals surface area contributed by atoms with E-state index in [-0.39, 0.29) is 43.4 Å². The van der Waals surface area contributed by atoms with Crippen molar-refractivity contribution in [3.8, 4) is 11.1 Å². The number of likely N-dealkylation sites (N-methyl/N-ethyl adjacent to an activating group) is 1. The Morgan fingerprint density at radius 3 is 2.10 bits per heavy atom. The van der Waals surface area contributed by atoms with Crippen molar-refractivity contribution in [2.45, 2.75) is 51.2 Å². The zero-order valence-electron chi connectivity index (χ0n) is 24.1. The first kappa shape index (κ1) is 30.0. The van der Waals surface area contributed by atoms with E-state index in [9.17, 15) is 24.3 Å². The summed E-state index contributed by atoms with van der Waals surface area (Å²) >= 11 is 0. The molecule has 10 heteroatoms. The first-order valence-electron chi connectivity index (χ1n) is 14.0. The molecule has 1 saturated heterocycles. The predicted molar refractivity (Wildman–Crippen MR) is 152 cm³/mol. The molecule has 220 valence electrons. The lowest BCUT2D eigenvalue weighted by Gasteiger charge is -2.32. The molecule has 0 unspecified atom stereocenters. The van der Waals surface area contributed by atoms with Crippen LogP contribution in [0.1, 0.15) is 50.7 Å². The normalized spacial score (nSPS) is 16.3. The number of likely N-dealkylation sites (tertiary alicyclic amines) is 1. The Hall–Kier alpha value is -3.92. The van der Waals surface area contributed by atoms with Crippen LogP contribution >= 0.6 is 0 Å². The van der Waals surface area contributed by atoms with Gasteiger partial charge in [0.25, 0.3) is 0 Å². The largest absolute Gasteiger partial charge is 0.480 e. The molecular weight excluding hydrogens is 526 g/mol. The quantitative estimate of drug-likeness (QED) is 0.443.